The molecule has 42 valence electrons. The first-order valence-electron chi connectivity index (χ1n) is 2.14. The van der Waals surface area contributed by atoms with Gasteiger partial charge in [-0.1, -0.05) is 6.58 Å². The molecule has 0 unspecified atom stereocenters. The summed E-state index contributed by atoms with van der Waals surface area (Å²) < 4.78 is 2.80. The standard InChI is InChI=1S/C5H5IN2/c1-2-8-3-5(6)7-4-8/h2-4H,1H2. The average Bonchev–Trinajstić information content (AvgIpc) is 2.14. The van der Waals surface area contributed by atoms with E-state index in [0.29, 0.717) is 0 Å². The predicted molar refractivity (Wildman–Crippen MR) is 41.3 cm³/mol. The highest BCUT2D eigenvalue weighted by atomic mass is 127. The van der Waals surface area contributed by atoms with E-state index < -0.39 is 0 Å². The fraction of sp³-hybridized carbons (Fsp3) is 0. The van der Waals surface area contributed by atoms with Gasteiger partial charge in [0.1, 0.15) is 3.70 Å². The van der Waals surface area contributed by atoms with Crippen LogP contribution in [0, 0.1) is 3.70 Å². The summed E-state index contributed by atoms with van der Waals surface area (Å²) in [4.78, 5) is 3.97. The maximum atomic E-state index is 3.97. The molecule has 0 spiro atoms. The molecule has 0 amide bonds. The molecule has 0 radical (unpaired) electrons. The molecule has 1 aromatic heterocycles. The van der Waals surface area contributed by atoms with Crippen molar-refractivity contribution in [3.63, 3.8) is 0 Å². The first kappa shape index (κ1) is 5.81. The third kappa shape index (κ3) is 1.09. The van der Waals surface area contributed by atoms with Crippen LogP contribution in [-0.2, 0) is 0 Å². The molecule has 0 fully saturated rings. The maximum absolute atomic E-state index is 3.97. The molecule has 0 saturated heterocycles. The molecule has 0 aliphatic heterocycles. The largest absolute Gasteiger partial charge is 0.313 e. The van der Waals surface area contributed by atoms with Crippen molar-refractivity contribution in [3.05, 3.63) is 22.8 Å². The van der Waals surface area contributed by atoms with Crippen LogP contribution in [0.4, 0.5) is 0 Å². The summed E-state index contributed by atoms with van der Waals surface area (Å²) in [6.45, 7) is 3.56. The smallest absolute Gasteiger partial charge is 0.119 e. The Morgan fingerprint density at radius 1 is 1.88 bits per heavy atom. The summed E-state index contributed by atoms with van der Waals surface area (Å²) in [6, 6.07) is 0. The zero-order chi connectivity index (χ0) is 5.98. The molecule has 2 nitrogen and oxygen atoms in total. The van der Waals surface area contributed by atoms with Gasteiger partial charge in [0.15, 0.2) is 0 Å². The zero-order valence-electron chi connectivity index (χ0n) is 4.21. The van der Waals surface area contributed by atoms with Gasteiger partial charge < -0.3 is 4.57 Å². The van der Waals surface area contributed by atoms with Gasteiger partial charge in [0, 0.05) is 12.4 Å². The van der Waals surface area contributed by atoms with Crippen LogP contribution < -0.4 is 0 Å². The number of halogens is 1. The molecule has 0 N–H and O–H groups in total. The van der Waals surface area contributed by atoms with Crippen molar-refractivity contribution in [1.29, 1.82) is 0 Å². The minimum absolute atomic E-state index is 0.988. The number of nitrogens with zero attached hydrogens (tertiary/aromatic N) is 2. The van der Waals surface area contributed by atoms with Crippen LogP contribution in [-0.4, -0.2) is 9.55 Å². The van der Waals surface area contributed by atoms with Gasteiger partial charge in [0.25, 0.3) is 0 Å². The summed E-state index contributed by atoms with van der Waals surface area (Å²) in [5.74, 6) is 0. The number of imidazole rings is 1. The van der Waals surface area contributed by atoms with E-state index in [0.717, 1.165) is 3.70 Å². The second-order valence-corrected chi connectivity index (χ2v) is 2.43. The average molecular weight is 220 g/mol. The Morgan fingerprint density at radius 2 is 2.62 bits per heavy atom. The third-order valence-corrected chi connectivity index (χ3v) is 1.34. The van der Waals surface area contributed by atoms with Crippen LogP contribution in [0.2, 0.25) is 0 Å². The van der Waals surface area contributed by atoms with Gasteiger partial charge in [-0.2, -0.15) is 0 Å². The number of hydrogen-bond donors (Lipinski definition) is 0. The van der Waals surface area contributed by atoms with Gasteiger partial charge in [-0.15, -0.1) is 0 Å². The Hall–Kier alpha value is -0.320. The number of aromatic nitrogens is 2. The predicted octanol–water partition coefficient (Wildman–Crippen LogP) is 1.59. The van der Waals surface area contributed by atoms with Crippen LogP contribution in [0.1, 0.15) is 0 Å². The van der Waals surface area contributed by atoms with Crippen LogP contribution >= 0.6 is 22.6 Å². The van der Waals surface area contributed by atoms with Gasteiger partial charge in [-0.3, -0.25) is 0 Å². The van der Waals surface area contributed by atoms with E-state index in [2.05, 4.69) is 34.2 Å². The molecule has 1 aromatic rings. The SMILES string of the molecule is C=Cn1cnc(I)c1. The lowest BCUT2D eigenvalue weighted by atomic mass is 10.9. The molecule has 0 saturated carbocycles. The van der Waals surface area contributed by atoms with Gasteiger partial charge in [0.05, 0.1) is 6.33 Å². The minimum atomic E-state index is 0.988. The Kier molecular flexibility index (Phi) is 1.67. The lowest BCUT2D eigenvalue weighted by Crippen LogP contribution is -1.74. The quantitative estimate of drug-likeness (QED) is 0.657. The number of hydrogen-bond acceptors (Lipinski definition) is 1. The summed E-state index contributed by atoms with van der Waals surface area (Å²) in [5.41, 5.74) is 0. The second-order valence-electron chi connectivity index (χ2n) is 1.33. The number of rotatable bonds is 1. The van der Waals surface area contributed by atoms with E-state index >= 15 is 0 Å². The lowest BCUT2D eigenvalue weighted by molar-refractivity contribution is 1.14. The van der Waals surface area contributed by atoms with Crippen molar-refractivity contribution < 1.29 is 0 Å². The van der Waals surface area contributed by atoms with Crippen molar-refractivity contribution >= 4 is 28.8 Å². The first-order valence-corrected chi connectivity index (χ1v) is 3.22. The molecular formula is C5H5IN2. The monoisotopic (exact) mass is 220 g/mol. The van der Waals surface area contributed by atoms with Crippen LogP contribution in [0.3, 0.4) is 0 Å². The summed E-state index contributed by atoms with van der Waals surface area (Å²) in [6.07, 6.45) is 5.32. The highest BCUT2D eigenvalue weighted by Crippen LogP contribution is 1.98. The van der Waals surface area contributed by atoms with E-state index in [-0.39, 0.29) is 0 Å². The topological polar surface area (TPSA) is 17.8 Å². The first-order chi connectivity index (χ1) is 3.83. The fourth-order valence-corrected chi connectivity index (χ4v) is 0.858. The highest BCUT2D eigenvalue weighted by Gasteiger charge is 1.85. The van der Waals surface area contributed by atoms with Gasteiger partial charge in [-0.25, -0.2) is 4.98 Å². The summed E-state index contributed by atoms with van der Waals surface area (Å²) in [7, 11) is 0. The lowest BCUT2D eigenvalue weighted by Gasteiger charge is -1.81. The Morgan fingerprint density at radius 3 is 2.88 bits per heavy atom. The molecule has 0 bridgehead atoms. The van der Waals surface area contributed by atoms with Crippen LogP contribution in [0.25, 0.3) is 6.20 Å². The fourth-order valence-electron chi connectivity index (χ4n) is 0.411. The Bertz CT molecular complexity index is 192. The van der Waals surface area contributed by atoms with Crippen molar-refractivity contribution in [2.75, 3.05) is 0 Å². The van der Waals surface area contributed by atoms with E-state index in [1.807, 2.05) is 10.8 Å². The van der Waals surface area contributed by atoms with E-state index in [1.165, 1.54) is 0 Å². The Balaban J connectivity index is 3.00. The summed E-state index contributed by atoms with van der Waals surface area (Å²) >= 11 is 2.14. The normalized spacial score (nSPS) is 9.12. The molecule has 1 heterocycles. The molecule has 0 aromatic carbocycles. The van der Waals surface area contributed by atoms with Gasteiger partial charge >= 0.3 is 0 Å². The third-order valence-electron chi connectivity index (χ3n) is 0.781. The molecule has 3 heteroatoms. The van der Waals surface area contributed by atoms with Crippen LogP contribution in [0.5, 0.6) is 0 Å². The summed E-state index contributed by atoms with van der Waals surface area (Å²) in [5, 5.41) is 0. The molecule has 1 rings (SSSR count). The second kappa shape index (κ2) is 2.30. The Labute approximate surface area is 61.4 Å². The van der Waals surface area contributed by atoms with Crippen LogP contribution in [0.15, 0.2) is 19.1 Å². The van der Waals surface area contributed by atoms with Crippen molar-refractivity contribution in [2.24, 2.45) is 0 Å². The molecule has 0 aliphatic carbocycles. The van der Waals surface area contributed by atoms with Crippen molar-refractivity contribution in [1.82, 2.24) is 9.55 Å². The van der Waals surface area contributed by atoms with Crippen molar-refractivity contribution in [2.45, 2.75) is 0 Å². The highest BCUT2D eigenvalue weighted by molar-refractivity contribution is 14.1. The zero-order valence-corrected chi connectivity index (χ0v) is 6.37. The molecule has 0 atom stereocenters. The molecular weight excluding hydrogens is 215 g/mol. The molecule has 0 aliphatic rings. The van der Waals surface area contributed by atoms with E-state index in [1.54, 1.807) is 12.5 Å². The minimum Gasteiger partial charge on any atom is -0.313 e. The van der Waals surface area contributed by atoms with Crippen molar-refractivity contribution in [3.8, 4) is 0 Å². The van der Waals surface area contributed by atoms with Gasteiger partial charge in [-0.05, 0) is 22.6 Å². The maximum Gasteiger partial charge on any atom is 0.119 e. The van der Waals surface area contributed by atoms with E-state index in [9.17, 15) is 0 Å². The van der Waals surface area contributed by atoms with E-state index in [4.69, 9.17) is 0 Å². The van der Waals surface area contributed by atoms with Gasteiger partial charge in [0.2, 0.25) is 0 Å². The molecule has 8 heavy (non-hydrogen) atoms.